The molecule has 0 saturated carbocycles. The molecule has 3 atom stereocenters. The lowest BCUT2D eigenvalue weighted by atomic mass is 9.92. The fraction of sp³-hybridized carbons (Fsp3) is 0.444. The zero-order valence-corrected chi connectivity index (χ0v) is 22.4. The lowest BCUT2D eigenvalue weighted by Crippen LogP contribution is -2.56. The van der Waals surface area contributed by atoms with Gasteiger partial charge in [-0.2, -0.15) is 0 Å². The minimum absolute atomic E-state index is 0. The molecule has 10 heteroatoms. The van der Waals surface area contributed by atoms with E-state index in [-0.39, 0.29) is 32.0 Å². The van der Waals surface area contributed by atoms with Gasteiger partial charge in [0.1, 0.15) is 12.1 Å². The molecule has 0 spiro atoms. The summed E-state index contributed by atoms with van der Waals surface area (Å²) < 4.78 is 15.9. The van der Waals surface area contributed by atoms with Crippen molar-refractivity contribution < 1.29 is 33.7 Å². The van der Waals surface area contributed by atoms with Crippen LogP contribution in [0.3, 0.4) is 0 Å². The molecule has 0 fully saturated rings. The van der Waals surface area contributed by atoms with E-state index < -0.39 is 36.0 Å². The molecule has 1 aliphatic rings. The van der Waals surface area contributed by atoms with E-state index in [9.17, 15) is 19.5 Å². The monoisotopic (exact) mass is 534 g/mol. The van der Waals surface area contributed by atoms with E-state index in [2.05, 4.69) is 5.32 Å². The summed E-state index contributed by atoms with van der Waals surface area (Å²) in [6.07, 6.45) is 1.19. The van der Waals surface area contributed by atoms with Crippen molar-refractivity contribution in [3.8, 4) is 11.5 Å². The van der Waals surface area contributed by atoms with Crippen LogP contribution in [0, 0.1) is 0 Å². The predicted molar refractivity (Wildman–Crippen MR) is 140 cm³/mol. The fourth-order valence-electron chi connectivity index (χ4n) is 4.45. The molecule has 0 radical (unpaired) electrons. The number of carboxylic acid groups (broad SMARTS) is 1. The van der Waals surface area contributed by atoms with Gasteiger partial charge in [-0.25, -0.2) is 4.79 Å². The quantitative estimate of drug-likeness (QED) is 0.423. The Morgan fingerprint density at radius 2 is 1.70 bits per heavy atom. The van der Waals surface area contributed by atoms with Crippen molar-refractivity contribution in [1.29, 1.82) is 0 Å². The van der Waals surface area contributed by atoms with E-state index >= 15 is 0 Å². The molecule has 2 unspecified atom stereocenters. The molecular weight excluding hydrogens is 500 g/mol. The van der Waals surface area contributed by atoms with Crippen LogP contribution < -0.4 is 14.8 Å². The SMILES string of the molecule is CCOC(=O)C(CCc1ccccc1)NC(C)C(=O)N1Cc2cc(OC)c(OC)cc2C[C@H]1C(=O)O.Cl. The summed E-state index contributed by atoms with van der Waals surface area (Å²) in [7, 11) is 3.04. The number of esters is 1. The van der Waals surface area contributed by atoms with Crippen LogP contribution in [0.15, 0.2) is 42.5 Å². The molecule has 1 heterocycles. The zero-order chi connectivity index (χ0) is 26.2. The molecular formula is C27H35ClN2O7. The molecule has 2 aromatic rings. The van der Waals surface area contributed by atoms with Gasteiger partial charge in [0.15, 0.2) is 11.5 Å². The summed E-state index contributed by atoms with van der Waals surface area (Å²) in [5, 5.41) is 13.0. The Morgan fingerprint density at radius 3 is 2.27 bits per heavy atom. The maximum Gasteiger partial charge on any atom is 0.326 e. The molecule has 1 amide bonds. The first-order chi connectivity index (χ1) is 17.3. The van der Waals surface area contributed by atoms with E-state index in [0.29, 0.717) is 24.3 Å². The standard InChI is InChI=1S/C27H34N2O7.ClH/c1-5-36-27(33)21(12-11-18-9-7-6-8-10-18)28-17(2)25(30)29-16-20-15-24(35-4)23(34-3)14-19(20)13-22(29)26(31)32;/h6-10,14-15,17,21-22,28H,5,11-13,16H2,1-4H3,(H,31,32);1H/t17?,21?,22-;/m0./s1. The third-order valence-corrected chi connectivity index (χ3v) is 6.36. The summed E-state index contributed by atoms with van der Waals surface area (Å²) in [5.41, 5.74) is 2.64. The number of aliphatic carboxylic acids is 1. The first kappa shape index (κ1) is 29.9. The normalized spacial score (nSPS) is 16.0. The van der Waals surface area contributed by atoms with Crippen LogP contribution in [0.5, 0.6) is 11.5 Å². The minimum Gasteiger partial charge on any atom is -0.493 e. The number of hydrogen-bond donors (Lipinski definition) is 2. The molecule has 1 aliphatic heterocycles. The number of rotatable bonds is 11. The largest absolute Gasteiger partial charge is 0.493 e. The number of carbonyl (C=O) groups is 3. The second-order valence-electron chi connectivity index (χ2n) is 8.72. The molecule has 37 heavy (non-hydrogen) atoms. The number of nitrogens with zero attached hydrogens (tertiary/aromatic N) is 1. The Morgan fingerprint density at radius 1 is 1.08 bits per heavy atom. The van der Waals surface area contributed by atoms with E-state index in [4.69, 9.17) is 14.2 Å². The van der Waals surface area contributed by atoms with Gasteiger partial charge in [-0.05, 0) is 55.5 Å². The summed E-state index contributed by atoms with van der Waals surface area (Å²) in [6, 6.07) is 10.7. The first-order valence-corrected chi connectivity index (χ1v) is 12.0. The highest BCUT2D eigenvalue weighted by Crippen LogP contribution is 2.35. The number of fused-ring (bicyclic) bond motifs is 1. The first-order valence-electron chi connectivity index (χ1n) is 12.0. The molecule has 2 N–H and O–H groups in total. The van der Waals surface area contributed by atoms with Crippen molar-refractivity contribution in [3.05, 3.63) is 59.2 Å². The number of halogens is 1. The number of amides is 1. The predicted octanol–water partition coefficient (Wildman–Crippen LogP) is 3.01. The van der Waals surface area contributed by atoms with Crippen LogP contribution in [0.4, 0.5) is 0 Å². The van der Waals surface area contributed by atoms with Crippen LogP contribution in [0.25, 0.3) is 0 Å². The highest BCUT2D eigenvalue weighted by Gasteiger charge is 2.38. The van der Waals surface area contributed by atoms with Gasteiger partial charge in [0.25, 0.3) is 0 Å². The van der Waals surface area contributed by atoms with Crippen molar-refractivity contribution in [2.75, 3.05) is 20.8 Å². The highest BCUT2D eigenvalue weighted by atomic mass is 35.5. The number of benzene rings is 2. The van der Waals surface area contributed by atoms with Crippen molar-refractivity contribution in [3.63, 3.8) is 0 Å². The molecule has 202 valence electrons. The third kappa shape index (κ3) is 7.36. The Kier molecular flexibility index (Phi) is 11.2. The van der Waals surface area contributed by atoms with Gasteiger partial charge in [0.05, 0.1) is 26.9 Å². The van der Waals surface area contributed by atoms with Gasteiger partial charge in [-0.1, -0.05) is 30.3 Å². The van der Waals surface area contributed by atoms with Crippen molar-refractivity contribution >= 4 is 30.3 Å². The van der Waals surface area contributed by atoms with E-state index in [1.165, 1.54) is 19.1 Å². The maximum atomic E-state index is 13.5. The second-order valence-corrected chi connectivity index (χ2v) is 8.72. The third-order valence-electron chi connectivity index (χ3n) is 6.36. The average Bonchev–Trinajstić information content (AvgIpc) is 2.89. The number of carbonyl (C=O) groups excluding carboxylic acids is 2. The number of carboxylic acids is 1. The van der Waals surface area contributed by atoms with Gasteiger partial charge < -0.3 is 24.2 Å². The number of methoxy groups -OCH3 is 2. The number of ether oxygens (including phenoxy) is 3. The van der Waals surface area contributed by atoms with Crippen molar-refractivity contribution in [2.24, 2.45) is 0 Å². The highest BCUT2D eigenvalue weighted by molar-refractivity contribution is 5.88. The number of aryl methyl sites for hydroxylation is 1. The second kappa shape index (κ2) is 13.9. The van der Waals surface area contributed by atoms with Crippen LogP contribution in [0.2, 0.25) is 0 Å². The van der Waals surface area contributed by atoms with Crippen molar-refractivity contribution in [2.45, 2.75) is 57.8 Å². The van der Waals surface area contributed by atoms with Crippen molar-refractivity contribution in [1.82, 2.24) is 10.2 Å². The van der Waals surface area contributed by atoms with Crippen LogP contribution in [0.1, 0.15) is 37.0 Å². The van der Waals surface area contributed by atoms with Crippen LogP contribution in [-0.2, 0) is 38.5 Å². The number of hydrogen-bond acceptors (Lipinski definition) is 7. The van der Waals surface area contributed by atoms with Gasteiger partial charge in [-0.3, -0.25) is 14.9 Å². The summed E-state index contributed by atoms with van der Waals surface area (Å²) in [4.78, 5) is 39.6. The summed E-state index contributed by atoms with van der Waals surface area (Å²) in [5.74, 6) is -0.930. The molecule has 9 nitrogen and oxygen atoms in total. The van der Waals surface area contributed by atoms with E-state index in [0.717, 1.165) is 16.7 Å². The average molecular weight is 535 g/mol. The number of nitrogens with one attached hydrogen (secondary N) is 1. The summed E-state index contributed by atoms with van der Waals surface area (Å²) >= 11 is 0. The minimum atomic E-state index is -1.10. The molecule has 0 aromatic heterocycles. The molecule has 0 aliphatic carbocycles. The van der Waals surface area contributed by atoms with Gasteiger partial charge in [-0.15, -0.1) is 12.4 Å². The zero-order valence-electron chi connectivity index (χ0n) is 21.6. The fourth-order valence-corrected chi connectivity index (χ4v) is 4.45. The molecule has 0 saturated heterocycles. The topological polar surface area (TPSA) is 114 Å². The van der Waals surface area contributed by atoms with Crippen LogP contribution >= 0.6 is 12.4 Å². The van der Waals surface area contributed by atoms with Gasteiger partial charge in [0.2, 0.25) is 5.91 Å². The maximum absolute atomic E-state index is 13.5. The molecule has 0 bridgehead atoms. The Bertz CT molecular complexity index is 1080. The smallest absolute Gasteiger partial charge is 0.326 e. The Balaban J connectivity index is 0.00000481. The lowest BCUT2D eigenvalue weighted by molar-refractivity contribution is -0.153. The molecule has 2 aromatic carbocycles. The van der Waals surface area contributed by atoms with E-state index in [1.54, 1.807) is 26.0 Å². The van der Waals surface area contributed by atoms with E-state index in [1.807, 2.05) is 30.3 Å². The van der Waals surface area contributed by atoms with Gasteiger partial charge >= 0.3 is 11.9 Å². The van der Waals surface area contributed by atoms with Crippen LogP contribution in [-0.4, -0.2) is 66.8 Å². The summed E-state index contributed by atoms with van der Waals surface area (Å²) in [6.45, 7) is 3.69. The lowest BCUT2D eigenvalue weighted by Gasteiger charge is -2.37. The Hall–Kier alpha value is -3.30. The molecule has 3 rings (SSSR count). The Labute approximate surface area is 223 Å². The van der Waals surface area contributed by atoms with Gasteiger partial charge in [0, 0.05) is 13.0 Å².